The van der Waals surface area contributed by atoms with Crippen LogP contribution in [0.1, 0.15) is 38.5 Å². The number of carbonyl (C=O) groups excluding carboxylic acids is 2. The number of nitro groups is 1. The molecule has 2 heterocycles. The van der Waals surface area contributed by atoms with Crippen LogP contribution in [0.4, 0.5) is 21.9 Å². The standard InChI is InChI=1S/C24H36N8O4S/c1-25-30-17-9-10-18(20(15-17)32(35)36)26-11-5-13-31(2)14-6-12-27-22(33)8-4-3-7-21-23-19(16-37-21)28-24(34)29-23/h9-10,15,19,21,23H,1,3-8,11-14,16H2,2H3,(H3,27,28,29,33,34)/p+1/t19-,21+,23-/m0/s1. The highest BCUT2D eigenvalue weighted by atomic mass is 32.2. The number of amides is 3. The maximum atomic E-state index is 12.1. The van der Waals surface area contributed by atoms with Gasteiger partial charge in [0, 0.05) is 35.3 Å². The number of rotatable bonds is 16. The number of benzene rings is 1. The number of hydrogen-bond acceptors (Lipinski definition) is 8. The number of nitrogens with one attached hydrogen (secondary N) is 4. The Kier molecular flexibility index (Phi) is 11.2. The van der Waals surface area contributed by atoms with E-state index in [9.17, 15) is 19.7 Å². The van der Waals surface area contributed by atoms with Crippen molar-refractivity contribution in [1.29, 1.82) is 0 Å². The zero-order valence-corrected chi connectivity index (χ0v) is 22.1. The van der Waals surface area contributed by atoms with Crippen molar-refractivity contribution in [3.05, 3.63) is 28.3 Å². The van der Waals surface area contributed by atoms with E-state index >= 15 is 0 Å². The van der Waals surface area contributed by atoms with Crippen molar-refractivity contribution >= 4 is 47.5 Å². The van der Waals surface area contributed by atoms with Gasteiger partial charge in [-0.15, -0.1) is 0 Å². The Bertz CT molecular complexity index is 1000. The smallest absolute Gasteiger partial charge is 0.315 e. The number of carbonyl (C=O) groups is 2. The number of thioether (sulfide) groups is 1. The van der Waals surface area contributed by atoms with Gasteiger partial charge in [0.05, 0.1) is 23.1 Å². The summed E-state index contributed by atoms with van der Waals surface area (Å²) in [5.74, 6) is 1.05. The van der Waals surface area contributed by atoms with Crippen LogP contribution in [0.5, 0.6) is 0 Å². The molecule has 1 aromatic carbocycles. The van der Waals surface area contributed by atoms with E-state index in [2.05, 4.69) is 42.8 Å². The van der Waals surface area contributed by atoms with Crippen molar-refractivity contribution in [1.82, 2.24) is 20.9 Å². The summed E-state index contributed by atoms with van der Waals surface area (Å²) in [5, 5.41) is 27.6. The number of hydrogen-bond donors (Lipinski definition) is 4. The van der Waals surface area contributed by atoms with Gasteiger partial charge in [-0.3, -0.25) is 14.9 Å². The molecule has 202 valence electrons. The van der Waals surface area contributed by atoms with Gasteiger partial charge >= 0.3 is 6.03 Å². The highest BCUT2D eigenvalue weighted by molar-refractivity contribution is 8.00. The summed E-state index contributed by atoms with van der Waals surface area (Å²) in [4.78, 5) is 40.0. The first-order valence-corrected chi connectivity index (χ1v) is 13.7. The fourth-order valence-corrected chi connectivity index (χ4v) is 6.13. The second-order valence-corrected chi connectivity index (χ2v) is 10.6. The molecule has 0 aliphatic carbocycles. The van der Waals surface area contributed by atoms with Gasteiger partial charge in [0.2, 0.25) is 5.91 Å². The van der Waals surface area contributed by atoms with Crippen molar-refractivity contribution in [3.63, 3.8) is 0 Å². The maximum Gasteiger partial charge on any atom is 0.315 e. The Balaban J connectivity index is 1.20. The predicted octanol–water partition coefficient (Wildman–Crippen LogP) is 2.55. The Morgan fingerprint density at radius 3 is 2.81 bits per heavy atom. The Morgan fingerprint density at radius 2 is 2.05 bits per heavy atom. The molecule has 0 spiro atoms. The van der Waals surface area contributed by atoms with Crippen LogP contribution < -0.4 is 21.3 Å². The number of unbranched alkanes of at least 4 members (excludes halogenated alkanes) is 1. The van der Waals surface area contributed by atoms with E-state index in [-0.39, 0.29) is 29.7 Å². The van der Waals surface area contributed by atoms with E-state index in [1.807, 2.05) is 18.8 Å². The van der Waals surface area contributed by atoms with Crippen molar-refractivity contribution in [2.45, 2.75) is 55.9 Å². The van der Waals surface area contributed by atoms with E-state index in [4.69, 9.17) is 0 Å². The first-order valence-electron chi connectivity index (χ1n) is 12.7. The lowest BCUT2D eigenvalue weighted by Gasteiger charge is -2.17. The lowest BCUT2D eigenvalue weighted by atomic mass is 10.0. The molecule has 0 saturated carbocycles. The van der Waals surface area contributed by atoms with E-state index < -0.39 is 4.92 Å². The van der Waals surface area contributed by atoms with Crippen LogP contribution >= 0.6 is 11.8 Å². The summed E-state index contributed by atoms with van der Waals surface area (Å²) in [6.45, 7) is 6.19. The largest absolute Gasteiger partial charge is 0.379 e. The number of nitro benzene ring substituents is 1. The summed E-state index contributed by atoms with van der Waals surface area (Å²) in [6, 6.07) is 5.06. The van der Waals surface area contributed by atoms with E-state index in [1.165, 1.54) is 6.07 Å². The lowest BCUT2D eigenvalue weighted by molar-refractivity contribution is -0.383. The maximum absolute atomic E-state index is 12.1. The number of anilines is 1. The van der Waals surface area contributed by atoms with Crippen LogP contribution in [-0.2, 0) is 4.79 Å². The molecular weight excluding hydrogens is 496 g/mol. The van der Waals surface area contributed by atoms with Crippen molar-refractivity contribution < 1.29 is 19.3 Å². The monoisotopic (exact) mass is 533 g/mol. The molecule has 2 aliphatic rings. The van der Waals surface area contributed by atoms with E-state index in [0.29, 0.717) is 36.1 Å². The van der Waals surface area contributed by atoms with Crippen LogP contribution in [0.25, 0.3) is 0 Å². The molecular formula is C24H37N8O4S+. The highest BCUT2D eigenvalue weighted by Crippen LogP contribution is 2.33. The van der Waals surface area contributed by atoms with Crippen LogP contribution in [-0.4, -0.2) is 89.6 Å². The molecule has 0 unspecified atom stereocenters. The van der Waals surface area contributed by atoms with Gasteiger partial charge in [0.15, 0.2) is 5.69 Å². The van der Waals surface area contributed by atoms with Crippen LogP contribution in [0.2, 0.25) is 0 Å². The average Bonchev–Trinajstić information content (AvgIpc) is 3.42. The van der Waals surface area contributed by atoms with Gasteiger partial charge in [0.1, 0.15) is 10.8 Å². The topological polar surface area (TPSA) is 155 Å². The minimum absolute atomic E-state index is 0.0420. The SMILES string of the molecule is C=[N+]=Nc1ccc(NCCCN(C)CCCNC(=O)CCCC[C@H]2SC[C@@H]3NC(=O)N[C@@H]32)c([N+](=O)[O-])c1. The lowest BCUT2D eigenvalue weighted by Crippen LogP contribution is -2.36. The third-order valence-electron chi connectivity index (χ3n) is 6.52. The molecule has 0 radical (unpaired) electrons. The minimum Gasteiger partial charge on any atom is -0.379 e. The fraction of sp³-hybridized carbons (Fsp3) is 0.625. The molecule has 37 heavy (non-hydrogen) atoms. The predicted molar refractivity (Wildman–Crippen MR) is 145 cm³/mol. The molecule has 3 atom stereocenters. The fourth-order valence-electron chi connectivity index (χ4n) is 4.59. The minimum atomic E-state index is -0.442. The summed E-state index contributed by atoms with van der Waals surface area (Å²) in [7, 11) is 2.02. The van der Waals surface area contributed by atoms with Crippen molar-refractivity contribution in [2.24, 2.45) is 5.11 Å². The van der Waals surface area contributed by atoms with Crippen LogP contribution in [0, 0.1) is 10.1 Å². The first kappa shape index (κ1) is 28.4. The Hall–Kier alpha value is -3.15. The third kappa shape index (κ3) is 9.03. The molecule has 3 amide bonds. The second-order valence-electron chi connectivity index (χ2n) is 9.35. The van der Waals surface area contributed by atoms with Gasteiger partial charge in [-0.05, 0) is 58.0 Å². The zero-order valence-electron chi connectivity index (χ0n) is 21.3. The summed E-state index contributed by atoms with van der Waals surface area (Å²) >= 11 is 1.90. The molecule has 4 N–H and O–H groups in total. The average molecular weight is 534 g/mol. The molecule has 0 aromatic heterocycles. The van der Waals surface area contributed by atoms with Crippen molar-refractivity contribution in [2.75, 3.05) is 44.3 Å². The van der Waals surface area contributed by atoms with Gasteiger partial charge in [-0.2, -0.15) is 11.8 Å². The molecule has 0 bridgehead atoms. The zero-order chi connectivity index (χ0) is 26.6. The van der Waals surface area contributed by atoms with Crippen molar-refractivity contribution in [3.8, 4) is 0 Å². The van der Waals surface area contributed by atoms with Crippen LogP contribution in [0.3, 0.4) is 0 Å². The molecule has 2 fully saturated rings. The molecule has 2 aliphatic heterocycles. The van der Waals surface area contributed by atoms with E-state index in [1.54, 1.807) is 12.1 Å². The number of urea groups is 1. The molecule has 3 rings (SSSR count). The summed E-state index contributed by atoms with van der Waals surface area (Å²) in [6.07, 6.45) is 5.06. The first-order chi connectivity index (χ1) is 17.9. The molecule has 12 nitrogen and oxygen atoms in total. The molecule has 2 saturated heterocycles. The van der Waals surface area contributed by atoms with Gasteiger partial charge < -0.3 is 26.2 Å². The van der Waals surface area contributed by atoms with Crippen LogP contribution in [0.15, 0.2) is 23.3 Å². The second kappa shape index (κ2) is 14.6. The molecule has 13 heteroatoms. The third-order valence-corrected chi connectivity index (χ3v) is 8.02. The van der Waals surface area contributed by atoms with Gasteiger partial charge in [0.25, 0.3) is 12.4 Å². The number of fused-ring (bicyclic) bond motifs is 1. The normalized spacial score (nSPS) is 20.1. The quantitative estimate of drug-likeness (QED) is 0.0484. The summed E-state index contributed by atoms with van der Waals surface area (Å²) < 4.78 is 0. The Labute approximate surface area is 221 Å². The number of nitrogens with zero attached hydrogens (tertiary/aromatic N) is 4. The summed E-state index contributed by atoms with van der Waals surface area (Å²) in [5.41, 5.74) is 0.796. The van der Waals surface area contributed by atoms with E-state index in [0.717, 1.165) is 50.9 Å². The van der Waals surface area contributed by atoms with Gasteiger partial charge in [-0.1, -0.05) is 6.42 Å². The highest BCUT2D eigenvalue weighted by Gasteiger charge is 2.42. The van der Waals surface area contributed by atoms with Gasteiger partial charge in [-0.25, -0.2) is 4.79 Å². The molecule has 1 aromatic rings. The Morgan fingerprint density at radius 1 is 1.27 bits per heavy atom.